The molecule has 3 N–H and O–H groups in total. The number of hydrogen-bond acceptors (Lipinski definition) is 2. The molecule has 0 aliphatic heterocycles. The van der Waals surface area contributed by atoms with Gasteiger partial charge in [0.15, 0.2) is 0 Å². The van der Waals surface area contributed by atoms with Crippen LogP contribution >= 0.6 is 15.9 Å². The molecular weight excluding hydrogens is 394 g/mol. The molecule has 26 heavy (non-hydrogen) atoms. The van der Waals surface area contributed by atoms with Gasteiger partial charge in [0.05, 0.1) is 6.42 Å². The highest BCUT2D eigenvalue weighted by Crippen LogP contribution is 2.26. The number of nitrogens with one attached hydrogen (secondary N) is 3. The Morgan fingerprint density at radius 3 is 2.42 bits per heavy atom. The normalized spacial score (nSPS) is 10.7. The molecule has 1 aromatic heterocycles. The van der Waals surface area contributed by atoms with E-state index in [0.717, 1.165) is 26.6 Å². The van der Waals surface area contributed by atoms with E-state index >= 15 is 0 Å². The predicted octanol–water partition coefficient (Wildman–Crippen LogP) is 4.77. The largest absolute Gasteiger partial charge is 0.358 e. The molecule has 5 nitrogen and oxygen atoms in total. The van der Waals surface area contributed by atoms with Crippen LogP contribution in [0.25, 0.3) is 10.9 Å². The molecule has 2 aromatic carbocycles. The van der Waals surface area contributed by atoms with Crippen molar-refractivity contribution in [3.63, 3.8) is 0 Å². The highest BCUT2D eigenvalue weighted by molar-refractivity contribution is 9.10. The summed E-state index contributed by atoms with van der Waals surface area (Å²) in [5.41, 5.74) is 4.30. The van der Waals surface area contributed by atoms with E-state index in [9.17, 15) is 9.59 Å². The lowest BCUT2D eigenvalue weighted by Gasteiger charge is -2.09. The second-order valence-corrected chi connectivity index (χ2v) is 7.04. The molecule has 0 bridgehead atoms. The molecule has 1 heterocycles. The van der Waals surface area contributed by atoms with Gasteiger partial charge in [0, 0.05) is 38.9 Å². The molecule has 0 fully saturated rings. The number of carbonyl (C=O) groups is 2. The zero-order valence-corrected chi connectivity index (χ0v) is 16.2. The van der Waals surface area contributed by atoms with Gasteiger partial charge in [-0.05, 0) is 48.9 Å². The van der Waals surface area contributed by atoms with Crippen LogP contribution in [0.15, 0.2) is 46.9 Å². The van der Waals surface area contributed by atoms with E-state index in [1.807, 2.05) is 25.1 Å². The number of carbonyl (C=O) groups excluding carboxylic acids is 2. The number of amides is 2. The molecule has 3 aromatic rings. The smallest absolute Gasteiger partial charge is 0.228 e. The Labute approximate surface area is 160 Å². The topological polar surface area (TPSA) is 74.0 Å². The van der Waals surface area contributed by atoms with Gasteiger partial charge in [-0.3, -0.25) is 9.59 Å². The van der Waals surface area contributed by atoms with E-state index in [0.29, 0.717) is 17.8 Å². The van der Waals surface area contributed by atoms with Crippen LogP contribution in [0, 0.1) is 6.92 Å². The monoisotopic (exact) mass is 413 g/mol. The summed E-state index contributed by atoms with van der Waals surface area (Å²) in [5, 5.41) is 6.73. The number of benzene rings is 2. The first-order valence-corrected chi connectivity index (χ1v) is 9.22. The molecule has 0 atom stereocenters. The number of anilines is 2. The zero-order valence-electron chi connectivity index (χ0n) is 14.7. The Bertz CT molecular complexity index is 978. The molecular formula is C20H20BrN3O2. The molecule has 6 heteroatoms. The third-order valence-corrected chi connectivity index (χ3v) is 4.66. The highest BCUT2D eigenvalue weighted by atomic mass is 79.9. The van der Waals surface area contributed by atoms with Gasteiger partial charge in [-0.1, -0.05) is 28.9 Å². The summed E-state index contributed by atoms with van der Waals surface area (Å²) < 4.78 is 0.977. The van der Waals surface area contributed by atoms with Gasteiger partial charge in [0.2, 0.25) is 11.8 Å². The van der Waals surface area contributed by atoms with Gasteiger partial charge in [0.1, 0.15) is 0 Å². The van der Waals surface area contributed by atoms with Crippen LogP contribution < -0.4 is 10.6 Å². The van der Waals surface area contributed by atoms with Gasteiger partial charge in [-0.25, -0.2) is 0 Å². The summed E-state index contributed by atoms with van der Waals surface area (Å²) in [6, 6.07) is 13.1. The molecule has 3 rings (SSSR count). The van der Waals surface area contributed by atoms with Crippen molar-refractivity contribution < 1.29 is 9.59 Å². The summed E-state index contributed by atoms with van der Waals surface area (Å²) in [4.78, 5) is 27.3. The third-order valence-electron chi connectivity index (χ3n) is 4.17. The molecule has 0 saturated heterocycles. The third kappa shape index (κ3) is 4.14. The number of H-pyrrole nitrogens is 1. The summed E-state index contributed by atoms with van der Waals surface area (Å²) in [5.74, 6) is -0.165. The fourth-order valence-electron chi connectivity index (χ4n) is 2.87. The van der Waals surface area contributed by atoms with Crippen molar-refractivity contribution >= 4 is 50.0 Å². The number of aryl methyl sites for hydroxylation is 1. The predicted molar refractivity (Wildman–Crippen MR) is 108 cm³/mol. The molecule has 0 saturated carbocycles. The fourth-order valence-corrected chi connectivity index (χ4v) is 3.23. The van der Waals surface area contributed by atoms with Crippen LogP contribution in [0.3, 0.4) is 0 Å². The minimum absolute atomic E-state index is 0.0616. The number of aromatic amines is 1. The van der Waals surface area contributed by atoms with Crippen LogP contribution in [-0.2, 0) is 16.0 Å². The minimum Gasteiger partial charge on any atom is -0.358 e. The first-order valence-electron chi connectivity index (χ1n) is 8.42. The number of halogens is 1. The second-order valence-electron chi connectivity index (χ2n) is 6.13. The van der Waals surface area contributed by atoms with Crippen molar-refractivity contribution in [1.29, 1.82) is 0 Å². The maximum atomic E-state index is 12.5. The Hall–Kier alpha value is -2.60. The standard InChI is InChI=1S/C20H20BrN3O2/c1-3-19(25)23-14-5-4-6-15(10-14)24-20(26)11-16-12(2)22-18-8-7-13(21)9-17(16)18/h4-10,22H,3,11H2,1-2H3,(H,23,25)(H,24,26). The van der Waals surface area contributed by atoms with E-state index < -0.39 is 0 Å². The zero-order chi connectivity index (χ0) is 18.7. The van der Waals surface area contributed by atoms with E-state index in [2.05, 4.69) is 31.5 Å². The van der Waals surface area contributed by atoms with E-state index in [-0.39, 0.29) is 18.2 Å². The Morgan fingerprint density at radius 2 is 1.73 bits per heavy atom. The van der Waals surface area contributed by atoms with Crippen LogP contribution in [-0.4, -0.2) is 16.8 Å². The number of fused-ring (bicyclic) bond motifs is 1. The lowest BCUT2D eigenvalue weighted by atomic mass is 10.1. The van der Waals surface area contributed by atoms with Crippen LogP contribution in [0.5, 0.6) is 0 Å². The lowest BCUT2D eigenvalue weighted by Crippen LogP contribution is -2.15. The highest BCUT2D eigenvalue weighted by Gasteiger charge is 2.13. The van der Waals surface area contributed by atoms with Gasteiger partial charge in [0.25, 0.3) is 0 Å². The van der Waals surface area contributed by atoms with Gasteiger partial charge >= 0.3 is 0 Å². The maximum absolute atomic E-state index is 12.5. The van der Waals surface area contributed by atoms with Crippen molar-refractivity contribution in [2.75, 3.05) is 10.6 Å². The Kier molecular flexibility index (Phi) is 5.42. The molecule has 134 valence electrons. The first-order chi connectivity index (χ1) is 12.5. The molecule has 0 radical (unpaired) electrons. The van der Waals surface area contributed by atoms with Gasteiger partial charge in [-0.2, -0.15) is 0 Å². The molecule has 0 unspecified atom stereocenters. The van der Waals surface area contributed by atoms with E-state index in [1.54, 1.807) is 31.2 Å². The SMILES string of the molecule is CCC(=O)Nc1cccc(NC(=O)Cc2c(C)[nH]c3ccc(Br)cc23)c1. The minimum atomic E-state index is -0.104. The van der Waals surface area contributed by atoms with Gasteiger partial charge < -0.3 is 15.6 Å². The van der Waals surface area contributed by atoms with Crippen molar-refractivity contribution in [2.45, 2.75) is 26.7 Å². The molecule has 0 aliphatic rings. The summed E-state index contributed by atoms with van der Waals surface area (Å²) in [6.45, 7) is 3.76. The van der Waals surface area contributed by atoms with Gasteiger partial charge in [-0.15, -0.1) is 0 Å². The molecule has 2 amide bonds. The van der Waals surface area contributed by atoms with Crippen molar-refractivity contribution in [3.8, 4) is 0 Å². The number of rotatable bonds is 5. The summed E-state index contributed by atoms with van der Waals surface area (Å²) in [6.07, 6.45) is 0.680. The Morgan fingerprint density at radius 1 is 1.04 bits per heavy atom. The van der Waals surface area contributed by atoms with Crippen molar-refractivity contribution in [1.82, 2.24) is 4.98 Å². The van der Waals surface area contributed by atoms with E-state index in [1.165, 1.54) is 0 Å². The lowest BCUT2D eigenvalue weighted by molar-refractivity contribution is -0.116. The van der Waals surface area contributed by atoms with Crippen LogP contribution in [0.1, 0.15) is 24.6 Å². The fraction of sp³-hybridized carbons (Fsp3) is 0.200. The number of hydrogen-bond donors (Lipinski definition) is 3. The number of aromatic nitrogens is 1. The first kappa shape index (κ1) is 18.2. The molecule has 0 spiro atoms. The van der Waals surface area contributed by atoms with Crippen molar-refractivity contribution in [2.24, 2.45) is 0 Å². The van der Waals surface area contributed by atoms with E-state index in [4.69, 9.17) is 0 Å². The molecule has 0 aliphatic carbocycles. The second kappa shape index (κ2) is 7.74. The average molecular weight is 414 g/mol. The Balaban J connectivity index is 1.76. The van der Waals surface area contributed by atoms with Crippen LogP contribution in [0.2, 0.25) is 0 Å². The average Bonchev–Trinajstić information content (AvgIpc) is 2.90. The summed E-state index contributed by atoms with van der Waals surface area (Å²) in [7, 11) is 0. The summed E-state index contributed by atoms with van der Waals surface area (Å²) >= 11 is 3.48. The van der Waals surface area contributed by atoms with Crippen molar-refractivity contribution in [3.05, 3.63) is 58.2 Å². The quantitative estimate of drug-likeness (QED) is 0.563. The van der Waals surface area contributed by atoms with Crippen LogP contribution in [0.4, 0.5) is 11.4 Å². The maximum Gasteiger partial charge on any atom is 0.228 e.